The van der Waals surface area contributed by atoms with E-state index in [9.17, 15) is 23.5 Å². The number of carbonyl (C=O) groups excluding carboxylic acids is 2. The monoisotopic (exact) mass is 598 g/mol. The fraction of sp³-hybridized carbons (Fsp3) is 0.452. The van der Waals surface area contributed by atoms with E-state index >= 15 is 0 Å². The lowest BCUT2D eigenvalue weighted by Crippen LogP contribution is -2.37. The standard InChI is InChI=1S/C31H36F2N4O6/c1-5-41-30(39)43-19(3)42-29(38)20-6-9-23(10-7-20)31(4,40)25-11-8-22(17-35-25)24-14-18(2)15-27(36-24)37-26-16-21(28(32)33)12-13-34-26/h8,11-17,19-20,23,28,40H,5-7,9-10H2,1-4H3,(H,34,36,37). The maximum absolute atomic E-state index is 13.1. The Balaban J connectivity index is 1.38. The molecule has 0 saturated heterocycles. The molecule has 10 nitrogen and oxygen atoms in total. The number of nitrogens with zero attached hydrogens (tertiary/aromatic N) is 3. The predicted molar refractivity (Wildman–Crippen MR) is 153 cm³/mol. The highest BCUT2D eigenvalue weighted by Gasteiger charge is 2.39. The average molecular weight is 599 g/mol. The Bertz CT molecular complexity index is 1410. The van der Waals surface area contributed by atoms with Gasteiger partial charge in [0.1, 0.15) is 17.2 Å². The number of rotatable bonds is 10. The van der Waals surface area contributed by atoms with Gasteiger partial charge in [0.15, 0.2) is 0 Å². The first-order chi connectivity index (χ1) is 20.5. The topological polar surface area (TPSA) is 133 Å². The summed E-state index contributed by atoms with van der Waals surface area (Å²) in [6.07, 6.45) is 0.590. The third-order valence-corrected chi connectivity index (χ3v) is 7.50. The Morgan fingerprint density at radius 2 is 1.81 bits per heavy atom. The van der Waals surface area contributed by atoms with Gasteiger partial charge in [0.05, 0.1) is 23.9 Å². The van der Waals surface area contributed by atoms with Crippen LogP contribution in [0, 0.1) is 18.8 Å². The van der Waals surface area contributed by atoms with Crippen molar-refractivity contribution in [3.63, 3.8) is 0 Å². The Kier molecular flexibility index (Phi) is 10.2. The van der Waals surface area contributed by atoms with Gasteiger partial charge in [-0.15, -0.1) is 0 Å². The van der Waals surface area contributed by atoms with E-state index in [2.05, 4.69) is 20.3 Å². The maximum atomic E-state index is 13.1. The lowest BCUT2D eigenvalue weighted by Gasteiger charge is -2.37. The molecule has 3 aromatic rings. The highest BCUT2D eigenvalue weighted by atomic mass is 19.3. The first-order valence-electron chi connectivity index (χ1n) is 14.2. The zero-order valence-corrected chi connectivity index (χ0v) is 24.5. The van der Waals surface area contributed by atoms with Gasteiger partial charge < -0.3 is 24.6 Å². The Hall–Kier alpha value is -4.19. The molecule has 0 amide bonds. The summed E-state index contributed by atoms with van der Waals surface area (Å²) in [4.78, 5) is 37.3. The van der Waals surface area contributed by atoms with Crippen LogP contribution in [0.15, 0.2) is 48.8 Å². The number of pyridine rings is 3. The van der Waals surface area contributed by atoms with Gasteiger partial charge in [-0.25, -0.2) is 23.5 Å². The minimum atomic E-state index is -2.61. The summed E-state index contributed by atoms with van der Waals surface area (Å²) in [5.74, 6) is -0.239. The van der Waals surface area contributed by atoms with Crippen LogP contribution in [0.5, 0.6) is 0 Å². The van der Waals surface area contributed by atoms with E-state index in [-0.39, 0.29) is 29.8 Å². The van der Waals surface area contributed by atoms with Gasteiger partial charge in [-0.1, -0.05) is 0 Å². The summed E-state index contributed by atoms with van der Waals surface area (Å²) in [6, 6.07) is 9.79. The van der Waals surface area contributed by atoms with Gasteiger partial charge in [0.2, 0.25) is 6.29 Å². The fourth-order valence-electron chi connectivity index (χ4n) is 5.18. The number of alkyl halides is 2. The number of ether oxygens (including phenoxy) is 3. The van der Waals surface area contributed by atoms with Crippen molar-refractivity contribution in [3.8, 4) is 11.3 Å². The number of aromatic nitrogens is 3. The maximum Gasteiger partial charge on any atom is 0.511 e. The van der Waals surface area contributed by atoms with Crippen LogP contribution in [0.25, 0.3) is 11.3 Å². The predicted octanol–water partition coefficient (Wildman–Crippen LogP) is 6.60. The molecule has 12 heteroatoms. The van der Waals surface area contributed by atoms with Crippen molar-refractivity contribution in [2.24, 2.45) is 11.8 Å². The number of aliphatic hydroxyl groups is 1. The third kappa shape index (κ3) is 8.22. The van der Waals surface area contributed by atoms with Gasteiger partial charge >= 0.3 is 12.1 Å². The molecule has 2 N–H and O–H groups in total. The molecule has 0 radical (unpaired) electrons. The van der Waals surface area contributed by atoms with Crippen molar-refractivity contribution in [2.75, 3.05) is 11.9 Å². The largest absolute Gasteiger partial charge is 0.511 e. The molecule has 43 heavy (non-hydrogen) atoms. The normalized spacial score (nSPS) is 18.8. The van der Waals surface area contributed by atoms with Crippen LogP contribution in [0.1, 0.15) is 69.7 Å². The summed E-state index contributed by atoms with van der Waals surface area (Å²) in [6.45, 7) is 6.87. The Morgan fingerprint density at radius 1 is 1.07 bits per heavy atom. The number of hydrogen-bond donors (Lipinski definition) is 2. The summed E-state index contributed by atoms with van der Waals surface area (Å²) in [7, 11) is 0. The van der Waals surface area contributed by atoms with Crippen LogP contribution in [0.2, 0.25) is 0 Å². The summed E-state index contributed by atoms with van der Waals surface area (Å²) in [5, 5.41) is 14.5. The molecule has 3 heterocycles. The Morgan fingerprint density at radius 3 is 2.47 bits per heavy atom. The summed E-state index contributed by atoms with van der Waals surface area (Å²) in [5.41, 5.74) is 1.35. The highest BCUT2D eigenvalue weighted by molar-refractivity contribution is 5.73. The molecule has 1 saturated carbocycles. The molecule has 1 aliphatic carbocycles. The van der Waals surface area contributed by atoms with Gasteiger partial charge in [-0.3, -0.25) is 9.78 Å². The van der Waals surface area contributed by atoms with Gasteiger partial charge in [0.25, 0.3) is 6.43 Å². The fourth-order valence-corrected chi connectivity index (χ4v) is 5.18. The molecule has 4 rings (SSSR count). The number of nitrogens with one attached hydrogen (secondary N) is 1. The number of aryl methyl sites for hydroxylation is 1. The first-order valence-corrected chi connectivity index (χ1v) is 14.2. The molecule has 0 spiro atoms. The lowest BCUT2D eigenvalue weighted by molar-refractivity contribution is -0.175. The van der Waals surface area contributed by atoms with E-state index in [0.717, 1.165) is 5.56 Å². The number of esters is 1. The Labute approximate surface area is 248 Å². The number of halogens is 2. The van der Waals surface area contributed by atoms with Crippen molar-refractivity contribution in [3.05, 3.63) is 65.6 Å². The zero-order valence-electron chi connectivity index (χ0n) is 24.5. The van der Waals surface area contributed by atoms with Crippen LogP contribution >= 0.6 is 0 Å². The van der Waals surface area contributed by atoms with Crippen LogP contribution in [-0.2, 0) is 24.6 Å². The van der Waals surface area contributed by atoms with Gasteiger partial charge in [-0.2, -0.15) is 0 Å². The minimum Gasteiger partial charge on any atom is -0.435 e. The zero-order chi connectivity index (χ0) is 31.1. The second-order valence-corrected chi connectivity index (χ2v) is 10.7. The number of carbonyl (C=O) groups is 2. The molecule has 3 aromatic heterocycles. The SMILES string of the molecule is CCOC(=O)OC(C)OC(=O)C1CCC(C(C)(O)c2ccc(-c3cc(C)cc(Nc4cc(C(F)F)ccn4)n3)cn2)CC1. The first kappa shape index (κ1) is 31.7. The summed E-state index contributed by atoms with van der Waals surface area (Å²) < 4.78 is 41.0. The summed E-state index contributed by atoms with van der Waals surface area (Å²) >= 11 is 0. The highest BCUT2D eigenvalue weighted by Crippen LogP contribution is 2.41. The van der Waals surface area contributed by atoms with Crippen molar-refractivity contribution in [1.29, 1.82) is 0 Å². The van der Waals surface area contributed by atoms with Crippen molar-refractivity contribution >= 4 is 23.8 Å². The van der Waals surface area contributed by atoms with E-state index in [1.165, 1.54) is 25.3 Å². The molecular weight excluding hydrogens is 562 g/mol. The van der Waals surface area contributed by atoms with Crippen molar-refractivity contribution < 1.29 is 37.7 Å². The second kappa shape index (κ2) is 13.9. The molecule has 2 unspecified atom stereocenters. The lowest BCUT2D eigenvalue weighted by atomic mass is 9.73. The van der Waals surface area contributed by atoms with E-state index in [0.29, 0.717) is 48.5 Å². The van der Waals surface area contributed by atoms with Crippen LogP contribution in [0.3, 0.4) is 0 Å². The molecule has 1 aliphatic rings. The number of anilines is 2. The molecule has 0 aromatic carbocycles. The van der Waals surface area contributed by atoms with Gasteiger partial charge in [-0.05, 0) is 94.3 Å². The van der Waals surface area contributed by atoms with E-state index < -0.39 is 30.4 Å². The molecule has 230 valence electrons. The molecule has 0 aliphatic heterocycles. The third-order valence-electron chi connectivity index (χ3n) is 7.50. The van der Waals surface area contributed by atoms with Crippen molar-refractivity contribution in [2.45, 2.75) is 71.7 Å². The smallest absolute Gasteiger partial charge is 0.435 e. The number of hydrogen-bond acceptors (Lipinski definition) is 10. The van der Waals surface area contributed by atoms with E-state index in [1.807, 2.05) is 19.1 Å². The molecular formula is C31H36F2N4O6. The van der Waals surface area contributed by atoms with Gasteiger partial charge in [0, 0.05) is 30.4 Å². The molecule has 0 bridgehead atoms. The van der Waals surface area contributed by atoms with Crippen molar-refractivity contribution in [1.82, 2.24) is 15.0 Å². The van der Waals surface area contributed by atoms with E-state index in [1.54, 1.807) is 32.2 Å². The van der Waals surface area contributed by atoms with E-state index in [4.69, 9.17) is 14.2 Å². The average Bonchev–Trinajstić information content (AvgIpc) is 2.97. The quantitative estimate of drug-likeness (QED) is 0.194. The minimum absolute atomic E-state index is 0.132. The molecule has 2 atom stereocenters. The van der Waals surface area contributed by atoms with Crippen LogP contribution in [0.4, 0.5) is 25.2 Å². The second-order valence-electron chi connectivity index (χ2n) is 10.7. The van der Waals surface area contributed by atoms with Crippen LogP contribution in [-0.4, -0.2) is 45.1 Å². The molecule has 1 fully saturated rings. The van der Waals surface area contributed by atoms with Crippen LogP contribution < -0.4 is 5.32 Å².